The van der Waals surface area contributed by atoms with Gasteiger partial charge < -0.3 is 11.5 Å². The van der Waals surface area contributed by atoms with Gasteiger partial charge in [-0.1, -0.05) is 0 Å². The number of hydrogen-bond donors (Lipinski definition) is 2. The number of aromatic nitrogens is 3. The zero-order valence-electron chi connectivity index (χ0n) is 7.75. The summed E-state index contributed by atoms with van der Waals surface area (Å²) in [6.07, 6.45) is 1.71. The van der Waals surface area contributed by atoms with Crippen LogP contribution in [0, 0.1) is 11.3 Å². The maximum Gasteiger partial charge on any atom is 0.223 e. The summed E-state index contributed by atoms with van der Waals surface area (Å²) in [6.45, 7) is 0. The molecule has 0 aliphatic carbocycles. The summed E-state index contributed by atoms with van der Waals surface area (Å²) in [5.41, 5.74) is 11.5. The van der Waals surface area contributed by atoms with Crippen LogP contribution in [-0.4, -0.2) is 14.5 Å². The van der Waals surface area contributed by atoms with E-state index in [1.54, 1.807) is 29.0 Å². The Morgan fingerprint density at radius 2 is 2.13 bits per heavy atom. The Labute approximate surface area is 85.8 Å². The number of rotatable bonds is 1. The van der Waals surface area contributed by atoms with Crippen LogP contribution in [0.1, 0.15) is 5.69 Å². The highest BCUT2D eigenvalue weighted by atomic mass is 15.1. The average Bonchev–Trinajstić information content (AvgIpc) is 2.63. The molecule has 0 amide bonds. The van der Waals surface area contributed by atoms with Crippen LogP contribution < -0.4 is 11.5 Å². The molecule has 2 heterocycles. The second kappa shape index (κ2) is 3.31. The molecule has 0 saturated heterocycles. The van der Waals surface area contributed by atoms with Crippen molar-refractivity contribution in [2.75, 3.05) is 11.5 Å². The number of nitrogens with zero attached hydrogens (tertiary/aromatic N) is 4. The molecule has 2 aromatic rings. The Kier molecular flexibility index (Phi) is 1.99. The van der Waals surface area contributed by atoms with Crippen LogP contribution in [0.25, 0.3) is 5.82 Å². The highest BCUT2D eigenvalue weighted by Crippen LogP contribution is 2.12. The Morgan fingerprint density at radius 3 is 2.80 bits per heavy atom. The maximum atomic E-state index is 8.83. The molecule has 15 heavy (non-hydrogen) atoms. The van der Waals surface area contributed by atoms with Gasteiger partial charge in [0, 0.05) is 12.3 Å². The highest BCUT2D eigenvalue weighted by Gasteiger charge is 2.05. The first-order chi connectivity index (χ1) is 7.20. The minimum atomic E-state index is 0.0857. The van der Waals surface area contributed by atoms with Crippen LogP contribution in [-0.2, 0) is 0 Å². The van der Waals surface area contributed by atoms with E-state index in [2.05, 4.69) is 9.97 Å². The quantitative estimate of drug-likeness (QED) is 0.688. The molecule has 0 fully saturated rings. The SMILES string of the molecule is N#Cc1cccn1-c1cc(N)nc(N)n1. The van der Waals surface area contributed by atoms with Gasteiger partial charge in [-0.2, -0.15) is 15.2 Å². The first-order valence-electron chi connectivity index (χ1n) is 4.18. The van der Waals surface area contributed by atoms with Gasteiger partial charge >= 0.3 is 0 Å². The van der Waals surface area contributed by atoms with E-state index in [9.17, 15) is 0 Å². The Bertz CT molecular complexity index is 516. The number of anilines is 2. The van der Waals surface area contributed by atoms with Gasteiger partial charge in [-0.15, -0.1) is 0 Å². The van der Waals surface area contributed by atoms with E-state index in [0.29, 0.717) is 11.5 Å². The van der Waals surface area contributed by atoms with Gasteiger partial charge in [0.15, 0.2) is 0 Å². The number of hydrogen-bond acceptors (Lipinski definition) is 5. The predicted octanol–water partition coefficient (Wildman–Crippen LogP) is 0.303. The van der Waals surface area contributed by atoms with Crippen LogP contribution in [0.4, 0.5) is 11.8 Å². The first-order valence-corrected chi connectivity index (χ1v) is 4.18. The van der Waals surface area contributed by atoms with Crippen LogP contribution >= 0.6 is 0 Å². The van der Waals surface area contributed by atoms with E-state index in [0.717, 1.165) is 0 Å². The fourth-order valence-electron chi connectivity index (χ4n) is 1.27. The van der Waals surface area contributed by atoms with Crippen molar-refractivity contribution in [1.82, 2.24) is 14.5 Å². The monoisotopic (exact) mass is 200 g/mol. The molecule has 74 valence electrons. The van der Waals surface area contributed by atoms with Gasteiger partial charge in [0.05, 0.1) is 0 Å². The van der Waals surface area contributed by atoms with Crippen molar-refractivity contribution in [3.05, 3.63) is 30.1 Å². The van der Waals surface area contributed by atoms with Gasteiger partial charge in [0.1, 0.15) is 23.4 Å². The van der Waals surface area contributed by atoms with E-state index < -0.39 is 0 Å². The van der Waals surface area contributed by atoms with Crippen LogP contribution in [0.3, 0.4) is 0 Å². The number of nitrogen functional groups attached to an aromatic ring is 2. The fraction of sp³-hybridized carbons (Fsp3) is 0. The van der Waals surface area contributed by atoms with Gasteiger partial charge in [-0.05, 0) is 12.1 Å². The topological polar surface area (TPSA) is 107 Å². The van der Waals surface area contributed by atoms with E-state index in [4.69, 9.17) is 16.7 Å². The Hall–Kier alpha value is -2.55. The first kappa shape index (κ1) is 9.02. The van der Waals surface area contributed by atoms with Crippen molar-refractivity contribution in [2.45, 2.75) is 0 Å². The summed E-state index contributed by atoms with van der Waals surface area (Å²) >= 11 is 0. The molecule has 2 rings (SSSR count). The Balaban J connectivity index is 2.60. The zero-order chi connectivity index (χ0) is 10.8. The molecule has 0 bridgehead atoms. The maximum absolute atomic E-state index is 8.83. The van der Waals surface area contributed by atoms with E-state index >= 15 is 0 Å². The summed E-state index contributed by atoms with van der Waals surface area (Å²) in [5, 5.41) is 8.83. The molecule has 0 aliphatic heterocycles. The second-order valence-electron chi connectivity index (χ2n) is 2.88. The lowest BCUT2D eigenvalue weighted by Crippen LogP contribution is -2.05. The number of nitrogens with two attached hydrogens (primary N) is 2. The lowest BCUT2D eigenvalue weighted by Gasteiger charge is -2.04. The lowest BCUT2D eigenvalue weighted by atomic mass is 10.4. The predicted molar refractivity (Wildman–Crippen MR) is 54.9 cm³/mol. The van der Waals surface area contributed by atoms with Crippen molar-refractivity contribution in [3.63, 3.8) is 0 Å². The molecule has 6 nitrogen and oxygen atoms in total. The summed E-state index contributed by atoms with van der Waals surface area (Å²) in [7, 11) is 0. The number of nitriles is 1. The molecule has 0 spiro atoms. The minimum Gasteiger partial charge on any atom is -0.383 e. The van der Waals surface area contributed by atoms with E-state index in [1.807, 2.05) is 6.07 Å². The third kappa shape index (κ3) is 1.58. The molecule has 6 heteroatoms. The molecule has 0 radical (unpaired) electrons. The minimum absolute atomic E-state index is 0.0857. The van der Waals surface area contributed by atoms with Gasteiger partial charge in [0.25, 0.3) is 0 Å². The van der Waals surface area contributed by atoms with Crippen molar-refractivity contribution >= 4 is 11.8 Å². The largest absolute Gasteiger partial charge is 0.383 e. The molecule has 4 N–H and O–H groups in total. The third-order valence-corrected chi connectivity index (χ3v) is 1.86. The second-order valence-corrected chi connectivity index (χ2v) is 2.88. The average molecular weight is 200 g/mol. The van der Waals surface area contributed by atoms with Crippen molar-refractivity contribution in [2.24, 2.45) is 0 Å². The normalized spacial score (nSPS) is 9.80. The van der Waals surface area contributed by atoms with Gasteiger partial charge in [0.2, 0.25) is 5.95 Å². The van der Waals surface area contributed by atoms with Crippen LogP contribution in [0.2, 0.25) is 0 Å². The molecule has 0 aromatic carbocycles. The Morgan fingerprint density at radius 1 is 1.33 bits per heavy atom. The molecule has 0 unspecified atom stereocenters. The molecule has 0 atom stereocenters. The standard InChI is InChI=1S/C9H8N6/c10-5-6-2-1-3-15(6)8-4-7(11)13-9(12)14-8/h1-4H,(H4,11,12,13,14). The fourth-order valence-corrected chi connectivity index (χ4v) is 1.27. The van der Waals surface area contributed by atoms with Crippen LogP contribution in [0.5, 0.6) is 0 Å². The van der Waals surface area contributed by atoms with Crippen molar-refractivity contribution in [3.8, 4) is 11.9 Å². The lowest BCUT2D eigenvalue weighted by molar-refractivity contribution is 0.977. The summed E-state index contributed by atoms with van der Waals surface area (Å²) in [5.74, 6) is 0.847. The molecular weight excluding hydrogens is 192 g/mol. The van der Waals surface area contributed by atoms with E-state index in [-0.39, 0.29) is 11.8 Å². The molecule has 2 aromatic heterocycles. The van der Waals surface area contributed by atoms with Crippen molar-refractivity contribution < 1.29 is 0 Å². The van der Waals surface area contributed by atoms with E-state index in [1.165, 1.54) is 0 Å². The molecule has 0 saturated carbocycles. The summed E-state index contributed by atoms with van der Waals surface area (Å²) in [4.78, 5) is 7.73. The van der Waals surface area contributed by atoms with Gasteiger partial charge in [-0.25, -0.2) is 0 Å². The smallest absolute Gasteiger partial charge is 0.223 e. The highest BCUT2D eigenvalue weighted by molar-refractivity contribution is 5.44. The van der Waals surface area contributed by atoms with Gasteiger partial charge in [-0.3, -0.25) is 4.57 Å². The molecular formula is C9H8N6. The van der Waals surface area contributed by atoms with Crippen molar-refractivity contribution in [1.29, 1.82) is 5.26 Å². The summed E-state index contributed by atoms with van der Waals surface area (Å²) < 4.78 is 1.59. The molecule has 0 aliphatic rings. The zero-order valence-corrected chi connectivity index (χ0v) is 7.75. The van der Waals surface area contributed by atoms with Crippen LogP contribution in [0.15, 0.2) is 24.4 Å². The summed E-state index contributed by atoms with van der Waals surface area (Å²) in [6, 6.07) is 7.00. The third-order valence-electron chi connectivity index (χ3n) is 1.86.